The quantitative estimate of drug-likeness (QED) is 0.740. The molecule has 2 amide bonds. The van der Waals surface area contributed by atoms with Crippen LogP contribution < -0.4 is 5.32 Å². The van der Waals surface area contributed by atoms with Crippen LogP contribution in [0.2, 0.25) is 0 Å². The summed E-state index contributed by atoms with van der Waals surface area (Å²) >= 11 is 0. The fourth-order valence-corrected chi connectivity index (χ4v) is 2.33. The summed E-state index contributed by atoms with van der Waals surface area (Å²) < 4.78 is 0. The van der Waals surface area contributed by atoms with E-state index in [1.807, 2.05) is 4.90 Å². The molecule has 2 rings (SSSR count). The summed E-state index contributed by atoms with van der Waals surface area (Å²) in [5, 5.41) is 11.6. The van der Waals surface area contributed by atoms with Crippen LogP contribution in [0.15, 0.2) is 0 Å². The van der Waals surface area contributed by atoms with Crippen molar-refractivity contribution in [1.82, 2.24) is 15.1 Å². The number of urea groups is 1. The first-order valence-corrected chi connectivity index (χ1v) is 7.12. The van der Waals surface area contributed by atoms with Crippen molar-refractivity contribution in [3.8, 4) is 0 Å². The van der Waals surface area contributed by atoms with Gasteiger partial charge in [0.15, 0.2) is 0 Å². The minimum absolute atomic E-state index is 0.0264. The van der Waals surface area contributed by atoms with Gasteiger partial charge in [0.05, 0.1) is 6.42 Å². The van der Waals surface area contributed by atoms with Crippen molar-refractivity contribution in [3.05, 3.63) is 0 Å². The van der Waals surface area contributed by atoms with Crippen LogP contribution in [0, 0.1) is 5.92 Å². The van der Waals surface area contributed by atoms with Crippen LogP contribution in [-0.4, -0.2) is 66.2 Å². The van der Waals surface area contributed by atoms with Gasteiger partial charge in [0, 0.05) is 39.3 Å². The number of hydrogen-bond donors (Lipinski definition) is 2. The number of carboxylic acid groups (broad SMARTS) is 1. The summed E-state index contributed by atoms with van der Waals surface area (Å²) in [4.78, 5) is 26.3. The lowest BCUT2D eigenvalue weighted by Gasteiger charge is -2.34. The number of nitrogens with zero attached hydrogens (tertiary/aromatic N) is 2. The second-order valence-corrected chi connectivity index (χ2v) is 5.44. The molecule has 0 aromatic heterocycles. The Morgan fingerprint density at radius 2 is 1.84 bits per heavy atom. The molecule has 0 atom stereocenters. The second kappa shape index (κ2) is 6.75. The van der Waals surface area contributed by atoms with E-state index in [9.17, 15) is 9.59 Å². The van der Waals surface area contributed by atoms with Crippen LogP contribution in [-0.2, 0) is 4.79 Å². The SMILES string of the molecule is O=C(O)CCN1CCN(C(=O)NCCC2CC2)CC1. The van der Waals surface area contributed by atoms with Gasteiger partial charge >= 0.3 is 12.0 Å². The van der Waals surface area contributed by atoms with Crippen LogP contribution in [0.1, 0.15) is 25.7 Å². The van der Waals surface area contributed by atoms with Crippen molar-refractivity contribution in [2.45, 2.75) is 25.7 Å². The molecule has 1 heterocycles. The summed E-state index contributed by atoms with van der Waals surface area (Å²) in [6.45, 7) is 4.27. The van der Waals surface area contributed by atoms with Gasteiger partial charge in [-0.3, -0.25) is 9.69 Å². The second-order valence-electron chi connectivity index (χ2n) is 5.44. The number of carboxylic acids is 1. The Morgan fingerprint density at radius 1 is 1.16 bits per heavy atom. The highest BCUT2D eigenvalue weighted by Gasteiger charge is 2.23. The number of rotatable bonds is 6. The van der Waals surface area contributed by atoms with E-state index < -0.39 is 5.97 Å². The van der Waals surface area contributed by atoms with Gasteiger partial charge in [-0.25, -0.2) is 4.79 Å². The largest absolute Gasteiger partial charge is 0.481 e. The number of carbonyl (C=O) groups is 2. The average molecular weight is 269 g/mol. The zero-order valence-electron chi connectivity index (χ0n) is 11.3. The third kappa shape index (κ3) is 5.06. The maximum atomic E-state index is 11.9. The summed E-state index contributed by atoms with van der Waals surface area (Å²) in [5.74, 6) is 0.0772. The molecule has 0 spiro atoms. The van der Waals surface area contributed by atoms with E-state index in [1.165, 1.54) is 12.8 Å². The van der Waals surface area contributed by atoms with Gasteiger partial charge in [-0.15, -0.1) is 0 Å². The van der Waals surface area contributed by atoms with E-state index in [2.05, 4.69) is 10.2 Å². The molecule has 6 nitrogen and oxygen atoms in total. The highest BCUT2D eigenvalue weighted by molar-refractivity contribution is 5.74. The molecule has 0 aromatic carbocycles. The maximum Gasteiger partial charge on any atom is 0.317 e. The summed E-state index contributed by atoms with van der Waals surface area (Å²) in [6, 6.07) is 0.0264. The summed E-state index contributed by atoms with van der Waals surface area (Å²) in [5.41, 5.74) is 0. The third-order valence-electron chi connectivity index (χ3n) is 3.83. The summed E-state index contributed by atoms with van der Waals surface area (Å²) in [6.07, 6.45) is 3.91. The van der Waals surface area contributed by atoms with Gasteiger partial charge in [-0.1, -0.05) is 12.8 Å². The molecule has 1 aliphatic carbocycles. The fraction of sp³-hybridized carbons (Fsp3) is 0.846. The maximum absolute atomic E-state index is 11.9. The summed E-state index contributed by atoms with van der Waals surface area (Å²) in [7, 11) is 0. The Kier molecular flexibility index (Phi) is 5.01. The van der Waals surface area contributed by atoms with Crippen molar-refractivity contribution in [1.29, 1.82) is 0 Å². The highest BCUT2D eigenvalue weighted by Crippen LogP contribution is 2.31. The number of aliphatic carboxylic acids is 1. The monoisotopic (exact) mass is 269 g/mol. The topological polar surface area (TPSA) is 72.9 Å². The number of nitrogens with one attached hydrogen (secondary N) is 1. The molecule has 1 aliphatic heterocycles. The van der Waals surface area contributed by atoms with Crippen molar-refractivity contribution in [2.24, 2.45) is 5.92 Å². The molecule has 19 heavy (non-hydrogen) atoms. The molecule has 0 aromatic rings. The fourth-order valence-electron chi connectivity index (χ4n) is 2.33. The van der Waals surface area contributed by atoms with Crippen LogP contribution in [0.4, 0.5) is 4.79 Å². The van der Waals surface area contributed by atoms with E-state index in [-0.39, 0.29) is 12.5 Å². The Morgan fingerprint density at radius 3 is 2.42 bits per heavy atom. The number of piperazine rings is 1. The highest BCUT2D eigenvalue weighted by atomic mass is 16.4. The predicted octanol–water partition coefficient (Wildman–Crippen LogP) is 0.588. The van der Waals surface area contributed by atoms with E-state index in [4.69, 9.17) is 5.11 Å². The molecular formula is C13H23N3O3. The molecular weight excluding hydrogens is 246 g/mol. The van der Waals surface area contributed by atoms with Gasteiger partial charge in [0.25, 0.3) is 0 Å². The Balaban J connectivity index is 1.58. The minimum Gasteiger partial charge on any atom is -0.481 e. The predicted molar refractivity (Wildman–Crippen MR) is 71.0 cm³/mol. The smallest absolute Gasteiger partial charge is 0.317 e. The van der Waals surface area contributed by atoms with Crippen molar-refractivity contribution < 1.29 is 14.7 Å². The number of hydrogen-bond acceptors (Lipinski definition) is 3. The van der Waals surface area contributed by atoms with Gasteiger partial charge in [0.2, 0.25) is 0 Å². The van der Waals surface area contributed by atoms with Crippen LogP contribution in [0.25, 0.3) is 0 Å². The molecule has 0 unspecified atom stereocenters. The van der Waals surface area contributed by atoms with Gasteiger partial charge < -0.3 is 15.3 Å². The first-order chi connectivity index (χ1) is 9.15. The molecule has 108 valence electrons. The zero-order valence-corrected chi connectivity index (χ0v) is 11.3. The Bertz CT molecular complexity index is 323. The number of carbonyl (C=O) groups excluding carboxylic acids is 1. The molecule has 2 aliphatic rings. The lowest BCUT2D eigenvalue weighted by Crippen LogP contribution is -2.52. The molecule has 6 heteroatoms. The zero-order chi connectivity index (χ0) is 13.7. The average Bonchev–Trinajstić information content (AvgIpc) is 3.21. The molecule has 0 radical (unpaired) electrons. The molecule has 1 saturated carbocycles. The van der Waals surface area contributed by atoms with Crippen molar-refractivity contribution in [3.63, 3.8) is 0 Å². The normalized spacial score (nSPS) is 20.3. The molecule has 0 bridgehead atoms. The van der Waals surface area contributed by atoms with Gasteiger partial charge in [-0.2, -0.15) is 0 Å². The van der Waals surface area contributed by atoms with Crippen LogP contribution >= 0.6 is 0 Å². The van der Waals surface area contributed by atoms with E-state index in [0.29, 0.717) is 19.6 Å². The van der Waals surface area contributed by atoms with Gasteiger partial charge in [0.1, 0.15) is 0 Å². The van der Waals surface area contributed by atoms with Gasteiger partial charge in [-0.05, 0) is 12.3 Å². The molecule has 2 N–H and O–H groups in total. The van der Waals surface area contributed by atoms with E-state index >= 15 is 0 Å². The molecule has 1 saturated heterocycles. The van der Waals surface area contributed by atoms with Crippen molar-refractivity contribution >= 4 is 12.0 Å². The minimum atomic E-state index is -0.764. The number of amides is 2. The van der Waals surface area contributed by atoms with Crippen LogP contribution in [0.5, 0.6) is 0 Å². The first-order valence-electron chi connectivity index (χ1n) is 7.12. The first kappa shape index (κ1) is 14.1. The standard InChI is InChI=1S/C13H23N3O3/c17-12(18)4-6-15-7-9-16(10-8-15)13(19)14-5-3-11-1-2-11/h11H,1-10H2,(H,14,19)(H,17,18). The Labute approximate surface area is 113 Å². The Hall–Kier alpha value is -1.30. The lowest BCUT2D eigenvalue weighted by molar-refractivity contribution is -0.137. The van der Waals surface area contributed by atoms with E-state index in [0.717, 1.165) is 32.0 Å². The van der Waals surface area contributed by atoms with Crippen molar-refractivity contribution in [2.75, 3.05) is 39.3 Å². The lowest BCUT2D eigenvalue weighted by atomic mass is 10.3. The van der Waals surface area contributed by atoms with E-state index in [1.54, 1.807) is 0 Å². The molecule has 2 fully saturated rings. The van der Waals surface area contributed by atoms with Crippen LogP contribution in [0.3, 0.4) is 0 Å². The third-order valence-corrected chi connectivity index (χ3v) is 3.83.